The fraction of sp³-hybridized carbons (Fsp3) is 0.125. The number of hydrogen-bond acceptors (Lipinski definition) is 2. The van der Waals surface area contributed by atoms with Gasteiger partial charge < -0.3 is 10.4 Å². The molecule has 2 N–H and O–H groups in total. The Morgan fingerprint density at radius 2 is 1.74 bits per heavy atom. The SMILES string of the molecule is C=C[C@](CO)(Nc1ccc(Br)cc1)c1ccccc1. The first kappa shape index (κ1) is 13.8. The molecule has 0 radical (unpaired) electrons. The molecule has 0 aliphatic carbocycles. The van der Waals surface area contributed by atoms with Crippen LogP contribution >= 0.6 is 15.9 Å². The van der Waals surface area contributed by atoms with E-state index in [4.69, 9.17) is 0 Å². The first-order valence-electron chi connectivity index (χ1n) is 6.04. The molecule has 0 bridgehead atoms. The van der Waals surface area contributed by atoms with Crippen LogP contribution in [0, 0.1) is 0 Å². The number of aliphatic hydroxyl groups excluding tert-OH is 1. The summed E-state index contributed by atoms with van der Waals surface area (Å²) in [5.74, 6) is 0. The first-order chi connectivity index (χ1) is 9.20. The molecule has 0 aliphatic heterocycles. The Morgan fingerprint density at radius 3 is 2.26 bits per heavy atom. The van der Waals surface area contributed by atoms with Crippen molar-refractivity contribution in [3.63, 3.8) is 0 Å². The first-order valence-corrected chi connectivity index (χ1v) is 6.83. The van der Waals surface area contributed by atoms with Crippen molar-refractivity contribution in [2.24, 2.45) is 0 Å². The lowest BCUT2D eigenvalue weighted by atomic mass is 9.90. The molecule has 2 aromatic rings. The molecule has 98 valence electrons. The van der Waals surface area contributed by atoms with Gasteiger partial charge in [0.05, 0.1) is 6.61 Å². The van der Waals surface area contributed by atoms with E-state index in [2.05, 4.69) is 27.8 Å². The maximum atomic E-state index is 9.80. The van der Waals surface area contributed by atoms with Gasteiger partial charge in [0, 0.05) is 10.2 Å². The topological polar surface area (TPSA) is 32.3 Å². The number of hydrogen-bond donors (Lipinski definition) is 2. The van der Waals surface area contributed by atoms with Crippen LogP contribution in [0.1, 0.15) is 5.56 Å². The van der Waals surface area contributed by atoms with Gasteiger partial charge in [-0.1, -0.05) is 52.3 Å². The van der Waals surface area contributed by atoms with Crippen molar-refractivity contribution in [1.29, 1.82) is 0 Å². The summed E-state index contributed by atoms with van der Waals surface area (Å²) in [5.41, 5.74) is 1.24. The number of benzene rings is 2. The summed E-state index contributed by atoms with van der Waals surface area (Å²) in [7, 11) is 0. The van der Waals surface area contributed by atoms with E-state index in [1.165, 1.54) is 0 Å². The lowest BCUT2D eigenvalue weighted by Gasteiger charge is -2.31. The largest absolute Gasteiger partial charge is 0.393 e. The van der Waals surface area contributed by atoms with E-state index in [0.29, 0.717) is 0 Å². The van der Waals surface area contributed by atoms with Gasteiger partial charge in [-0.3, -0.25) is 0 Å². The lowest BCUT2D eigenvalue weighted by molar-refractivity contribution is 0.241. The summed E-state index contributed by atoms with van der Waals surface area (Å²) in [6.45, 7) is 3.80. The molecule has 2 rings (SSSR count). The van der Waals surface area contributed by atoms with E-state index in [1.54, 1.807) is 6.08 Å². The summed E-state index contributed by atoms with van der Waals surface area (Å²) < 4.78 is 1.02. The molecule has 1 atom stereocenters. The van der Waals surface area contributed by atoms with Crippen molar-refractivity contribution in [1.82, 2.24) is 0 Å². The average molecular weight is 318 g/mol. The highest BCUT2D eigenvalue weighted by Gasteiger charge is 2.27. The Hall–Kier alpha value is -1.58. The van der Waals surface area contributed by atoms with E-state index in [9.17, 15) is 5.11 Å². The van der Waals surface area contributed by atoms with Gasteiger partial charge in [-0.15, -0.1) is 6.58 Å². The second-order valence-corrected chi connectivity index (χ2v) is 5.25. The minimum absolute atomic E-state index is 0.0590. The van der Waals surface area contributed by atoms with Gasteiger partial charge in [-0.25, -0.2) is 0 Å². The Balaban J connectivity index is 2.35. The van der Waals surface area contributed by atoms with Gasteiger partial charge >= 0.3 is 0 Å². The zero-order chi connectivity index (χ0) is 13.7. The van der Waals surface area contributed by atoms with Crippen LogP contribution in [0.2, 0.25) is 0 Å². The molecule has 19 heavy (non-hydrogen) atoms. The van der Waals surface area contributed by atoms with E-state index >= 15 is 0 Å². The highest BCUT2D eigenvalue weighted by atomic mass is 79.9. The maximum Gasteiger partial charge on any atom is 0.104 e. The predicted molar refractivity (Wildman–Crippen MR) is 83.2 cm³/mol. The second-order valence-electron chi connectivity index (χ2n) is 4.33. The number of aliphatic hydroxyl groups is 1. The Kier molecular flexibility index (Phi) is 4.40. The molecule has 0 fully saturated rings. The summed E-state index contributed by atoms with van der Waals surface area (Å²) in [4.78, 5) is 0. The molecular formula is C16H16BrNO. The van der Waals surface area contributed by atoms with Gasteiger partial charge in [0.25, 0.3) is 0 Å². The molecule has 2 nitrogen and oxygen atoms in total. The van der Waals surface area contributed by atoms with E-state index < -0.39 is 5.54 Å². The summed E-state index contributed by atoms with van der Waals surface area (Å²) in [6, 6.07) is 17.6. The molecule has 0 heterocycles. The van der Waals surface area contributed by atoms with Crippen molar-refractivity contribution in [2.75, 3.05) is 11.9 Å². The molecule has 0 amide bonds. The smallest absolute Gasteiger partial charge is 0.104 e. The van der Waals surface area contributed by atoms with Crippen molar-refractivity contribution in [3.8, 4) is 0 Å². The maximum absolute atomic E-state index is 9.80. The fourth-order valence-corrected chi connectivity index (χ4v) is 2.23. The number of anilines is 1. The molecule has 3 heteroatoms. The van der Waals surface area contributed by atoms with Crippen molar-refractivity contribution in [2.45, 2.75) is 5.54 Å². The molecule has 0 saturated carbocycles. The molecular weight excluding hydrogens is 302 g/mol. The molecule has 0 spiro atoms. The minimum atomic E-state index is -0.672. The zero-order valence-electron chi connectivity index (χ0n) is 10.5. The van der Waals surface area contributed by atoms with E-state index in [1.807, 2.05) is 54.6 Å². The number of rotatable bonds is 5. The molecule has 0 unspecified atom stereocenters. The highest BCUT2D eigenvalue weighted by Crippen LogP contribution is 2.28. The van der Waals surface area contributed by atoms with Crippen LogP contribution in [-0.2, 0) is 5.54 Å². The van der Waals surface area contributed by atoms with Crippen LogP contribution in [0.25, 0.3) is 0 Å². The quantitative estimate of drug-likeness (QED) is 0.819. The molecule has 0 aromatic heterocycles. The van der Waals surface area contributed by atoms with Crippen molar-refractivity contribution in [3.05, 3.63) is 77.3 Å². The van der Waals surface area contributed by atoms with Crippen LogP contribution in [0.15, 0.2) is 71.7 Å². The summed E-state index contributed by atoms with van der Waals surface area (Å²) in [6.07, 6.45) is 1.74. The second kappa shape index (κ2) is 6.04. The Bertz CT molecular complexity index is 538. The van der Waals surface area contributed by atoms with Crippen molar-refractivity contribution >= 4 is 21.6 Å². The van der Waals surface area contributed by atoms with Crippen LogP contribution in [0.5, 0.6) is 0 Å². The lowest BCUT2D eigenvalue weighted by Crippen LogP contribution is -2.36. The fourth-order valence-electron chi connectivity index (χ4n) is 1.96. The van der Waals surface area contributed by atoms with Gasteiger partial charge in [0.1, 0.15) is 5.54 Å². The van der Waals surface area contributed by atoms with Gasteiger partial charge in [-0.05, 0) is 29.8 Å². The van der Waals surface area contributed by atoms with Crippen LogP contribution < -0.4 is 5.32 Å². The summed E-state index contributed by atoms with van der Waals surface area (Å²) >= 11 is 3.41. The normalized spacial score (nSPS) is 13.6. The van der Waals surface area contributed by atoms with E-state index in [-0.39, 0.29) is 6.61 Å². The van der Waals surface area contributed by atoms with Crippen LogP contribution in [-0.4, -0.2) is 11.7 Å². The third kappa shape index (κ3) is 3.06. The van der Waals surface area contributed by atoms with Crippen LogP contribution in [0.3, 0.4) is 0 Å². The van der Waals surface area contributed by atoms with Gasteiger partial charge in [-0.2, -0.15) is 0 Å². The summed E-state index contributed by atoms with van der Waals surface area (Å²) in [5, 5.41) is 13.1. The molecule has 0 saturated heterocycles. The van der Waals surface area contributed by atoms with Gasteiger partial charge in [0.15, 0.2) is 0 Å². The highest BCUT2D eigenvalue weighted by molar-refractivity contribution is 9.10. The number of nitrogens with one attached hydrogen (secondary N) is 1. The van der Waals surface area contributed by atoms with Gasteiger partial charge in [0.2, 0.25) is 0 Å². The predicted octanol–water partition coefficient (Wildman–Crippen LogP) is 3.93. The monoisotopic (exact) mass is 317 g/mol. The Labute approximate surface area is 121 Å². The standard InChI is InChI=1S/C16H16BrNO/c1-2-16(12-19,13-6-4-3-5-7-13)18-15-10-8-14(17)9-11-15/h2-11,18-19H,1,12H2/t16-/m1/s1. The third-order valence-corrected chi connectivity index (χ3v) is 3.63. The van der Waals surface area contributed by atoms with E-state index in [0.717, 1.165) is 15.7 Å². The minimum Gasteiger partial charge on any atom is -0.393 e. The number of halogens is 1. The molecule has 2 aromatic carbocycles. The average Bonchev–Trinajstić information content (AvgIpc) is 2.48. The Morgan fingerprint density at radius 1 is 1.11 bits per heavy atom. The van der Waals surface area contributed by atoms with Crippen molar-refractivity contribution < 1.29 is 5.11 Å². The third-order valence-electron chi connectivity index (χ3n) is 3.10. The molecule has 0 aliphatic rings. The zero-order valence-corrected chi connectivity index (χ0v) is 12.1. The van der Waals surface area contributed by atoms with Crippen LogP contribution in [0.4, 0.5) is 5.69 Å².